The fourth-order valence-electron chi connectivity index (χ4n) is 1.23. The third-order valence-electron chi connectivity index (χ3n) is 1.91. The van der Waals surface area contributed by atoms with Crippen LogP contribution < -0.4 is 0 Å². The zero-order valence-corrected chi connectivity index (χ0v) is 8.01. The van der Waals surface area contributed by atoms with E-state index in [2.05, 4.69) is 0 Å². The van der Waals surface area contributed by atoms with Crippen molar-refractivity contribution in [1.29, 1.82) is 0 Å². The van der Waals surface area contributed by atoms with E-state index in [9.17, 15) is 4.79 Å². The predicted octanol–water partition coefficient (Wildman–Crippen LogP) is 0.927. The highest BCUT2D eigenvalue weighted by molar-refractivity contribution is 7.99. The molecule has 4 heteroatoms. The Morgan fingerprint density at radius 2 is 2.50 bits per heavy atom. The summed E-state index contributed by atoms with van der Waals surface area (Å²) in [6.07, 6.45) is 2.02. The lowest BCUT2D eigenvalue weighted by Gasteiger charge is -2.26. The molecule has 0 saturated carbocycles. The second-order valence-electron chi connectivity index (χ2n) is 2.78. The largest absolute Gasteiger partial charge is 0.359 e. The topological polar surface area (TPSA) is 35.5 Å². The van der Waals surface area contributed by atoms with Crippen molar-refractivity contribution >= 4 is 18.0 Å². The number of hydrogen-bond donors (Lipinski definition) is 0. The molecular formula is C8H14O3S. The van der Waals surface area contributed by atoms with Gasteiger partial charge in [0.05, 0.1) is 12.0 Å². The molecule has 0 radical (unpaired) electrons. The number of hydrogen-bond acceptors (Lipinski definition) is 4. The normalized spacial score (nSPS) is 30.1. The van der Waals surface area contributed by atoms with E-state index in [0.29, 0.717) is 6.79 Å². The Balaban J connectivity index is 2.31. The van der Waals surface area contributed by atoms with Crippen LogP contribution in [-0.4, -0.2) is 37.8 Å². The summed E-state index contributed by atoms with van der Waals surface area (Å²) in [5.74, 6) is 2.02. The van der Waals surface area contributed by atoms with Crippen molar-refractivity contribution < 1.29 is 14.3 Å². The van der Waals surface area contributed by atoms with Crippen molar-refractivity contribution in [3.63, 3.8) is 0 Å². The Morgan fingerprint density at radius 3 is 3.17 bits per heavy atom. The van der Waals surface area contributed by atoms with Crippen LogP contribution in [0, 0.1) is 5.92 Å². The molecule has 1 saturated heterocycles. The third kappa shape index (κ3) is 2.77. The third-order valence-corrected chi connectivity index (χ3v) is 3.05. The fourth-order valence-corrected chi connectivity index (χ4v) is 2.36. The van der Waals surface area contributed by atoms with Crippen molar-refractivity contribution in [2.24, 2.45) is 5.92 Å². The van der Waals surface area contributed by atoms with E-state index < -0.39 is 0 Å². The van der Waals surface area contributed by atoms with Gasteiger partial charge < -0.3 is 14.3 Å². The first-order valence-electron chi connectivity index (χ1n) is 4.02. The van der Waals surface area contributed by atoms with Gasteiger partial charge in [-0.25, -0.2) is 0 Å². The highest BCUT2D eigenvalue weighted by atomic mass is 32.2. The molecule has 0 aromatic carbocycles. The highest BCUT2D eigenvalue weighted by Crippen LogP contribution is 2.24. The minimum atomic E-state index is 0.0545. The molecule has 12 heavy (non-hydrogen) atoms. The first kappa shape index (κ1) is 10.0. The molecule has 0 amide bonds. The minimum Gasteiger partial charge on any atom is -0.359 e. The molecule has 0 aliphatic carbocycles. The zero-order chi connectivity index (χ0) is 8.81. The van der Waals surface area contributed by atoms with Gasteiger partial charge >= 0.3 is 0 Å². The van der Waals surface area contributed by atoms with Crippen molar-refractivity contribution in [3.8, 4) is 0 Å². The Hall–Kier alpha value is -0.0600. The molecular weight excluding hydrogens is 176 g/mol. The summed E-state index contributed by atoms with van der Waals surface area (Å²) < 4.78 is 10.2. The van der Waals surface area contributed by atoms with Crippen LogP contribution in [0.2, 0.25) is 0 Å². The number of carbonyl (C=O) groups excluding carboxylic acids is 1. The summed E-state index contributed by atoms with van der Waals surface area (Å²) in [5, 5.41) is 0. The molecule has 0 aromatic rings. The van der Waals surface area contributed by atoms with Crippen LogP contribution in [-0.2, 0) is 14.3 Å². The van der Waals surface area contributed by atoms with Crippen molar-refractivity contribution in [2.75, 3.05) is 25.4 Å². The molecule has 1 rings (SSSR count). The Kier molecular flexibility index (Phi) is 4.65. The van der Waals surface area contributed by atoms with Gasteiger partial charge in [-0.15, -0.1) is 0 Å². The van der Waals surface area contributed by atoms with Crippen LogP contribution >= 0.6 is 11.8 Å². The first-order chi connectivity index (χ1) is 5.88. The maximum absolute atomic E-state index is 10.6. The summed E-state index contributed by atoms with van der Waals surface area (Å²) in [5.41, 5.74) is 0. The molecule has 1 heterocycles. The molecule has 0 aromatic heterocycles. The van der Waals surface area contributed by atoms with E-state index in [0.717, 1.165) is 24.2 Å². The highest BCUT2D eigenvalue weighted by Gasteiger charge is 2.25. The van der Waals surface area contributed by atoms with E-state index >= 15 is 0 Å². The lowest BCUT2D eigenvalue weighted by atomic mass is 10.0. The van der Waals surface area contributed by atoms with Crippen LogP contribution in [0.4, 0.5) is 0 Å². The smallest absolute Gasteiger partial charge is 0.146 e. The molecule has 1 fully saturated rings. The molecule has 0 unspecified atom stereocenters. The van der Waals surface area contributed by atoms with E-state index in [1.165, 1.54) is 0 Å². The Bertz CT molecular complexity index is 140. The number of aldehydes is 1. The summed E-state index contributed by atoms with van der Waals surface area (Å²) in [6.45, 7) is 0.291. The van der Waals surface area contributed by atoms with Crippen LogP contribution in [0.25, 0.3) is 0 Å². The van der Waals surface area contributed by atoms with E-state index in [1.54, 1.807) is 7.11 Å². The summed E-state index contributed by atoms with van der Waals surface area (Å²) >= 11 is 1.81. The van der Waals surface area contributed by atoms with Gasteiger partial charge in [-0.1, -0.05) is 0 Å². The lowest BCUT2D eigenvalue weighted by molar-refractivity contribution is -0.122. The van der Waals surface area contributed by atoms with E-state index in [4.69, 9.17) is 9.47 Å². The molecule has 70 valence electrons. The molecule has 0 N–H and O–H groups in total. The van der Waals surface area contributed by atoms with Crippen LogP contribution in [0.1, 0.15) is 6.42 Å². The fraction of sp³-hybridized carbons (Fsp3) is 0.875. The number of ether oxygens (including phenoxy) is 2. The minimum absolute atomic E-state index is 0.0545. The molecule has 1 aliphatic rings. The number of thioether (sulfide) groups is 1. The van der Waals surface area contributed by atoms with Gasteiger partial charge in [0.15, 0.2) is 0 Å². The summed E-state index contributed by atoms with van der Waals surface area (Å²) in [7, 11) is 1.59. The second kappa shape index (κ2) is 5.56. The van der Waals surface area contributed by atoms with E-state index in [-0.39, 0.29) is 12.0 Å². The first-order valence-corrected chi connectivity index (χ1v) is 5.17. The van der Waals surface area contributed by atoms with Crippen molar-refractivity contribution in [2.45, 2.75) is 12.5 Å². The van der Waals surface area contributed by atoms with Crippen LogP contribution in [0.5, 0.6) is 0 Å². The standard InChI is InChI=1S/C8H14O3S/c1-10-6-11-8-2-3-12-5-7(8)4-9/h4,7-8H,2-3,5-6H2,1H3/t7-,8-/m0/s1. The van der Waals surface area contributed by atoms with Gasteiger partial charge in [-0.05, 0) is 12.2 Å². The average molecular weight is 190 g/mol. The SMILES string of the molecule is COCO[C@H]1CCSC[C@@H]1C=O. The van der Waals surface area contributed by atoms with Gasteiger partial charge in [0.2, 0.25) is 0 Å². The maximum atomic E-state index is 10.6. The average Bonchev–Trinajstić information content (AvgIpc) is 2.15. The van der Waals surface area contributed by atoms with Gasteiger partial charge in [-0.3, -0.25) is 0 Å². The van der Waals surface area contributed by atoms with Crippen LogP contribution in [0.3, 0.4) is 0 Å². The van der Waals surface area contributed by atoms with Crippen molar-refractivity contribution in [1.82, 2.24) is 0 Å². The number of methoxy groups -OCH3 is 1. The number of rotatable bonds is 4. The van der Waals surface area contributed by atoms with Crippen LogP contribution in [0.15, 0.2) is 0 Å². The molecule has 2 atom stereocenters. The lowest BCUT2D eigenvalue weighted by Crippen LogP contribution is -2.32. The summed E-state index contributed by atoms with van der Waals surface area (Å²) in [4.78, 5) is 10.6. The van der Waals surface area contributed by atoms with Gasteiger partial charge in [-0.2, -0.15) is 11.8 Å². The quantitative estimate of drug-likeness (QED) is 0.488. The second-order valence-corrected chi connectivity index (χ2v) is 3.93. The van der Waals surface area contributed by atoms with E-state index in [1.807, 2.05) is 11.8 Å². The maximum Gasteiger partial charge on any atom is 0.146 e. The van der Waals surface area contributed by atoms with Gasteiger partial charge in [0.1, 0.15) is 13.1 Å². The zero-order valence-electron chi connectivity index (χ0n) is 7.19. The molecule has 1 aliphatic heterocycles. The molecule has 3 nitrogen and oxygen atoms in total. The van der Waals surface area contributed by atoms with Crippen molar-refractivity contribution in [3.05, 3.63) is 0 Å². The predicted molar refractivity (Wildman–Crippen MR) is 48.2 cm³/mol. The molecule has 0 bridgehead atoms. The number of carbonyl (C=O) groups is 1. The van der Waals surface area contributed by atoms with Gasteiger partial charge in [0, 0.05) is 12.9 Å². The summed E-state index contributed by atoms with van der Waals surface area (Å²) in [6, 6.07) is 0. The monoisotopic (exact) mass is 190 g/mol. The van der Waals surface area contributed by atoms with Gasteiger partial charge in [0.25, 0.3) is 0 Å². The Labute approximate surface area is 76.8 Å². The molecule has 0 spiro atoms. The Morgan fingerprint density at radius 1 is 1.67 bits per heavy atom.